The highest BCUT2D eigenvalue weighted by atomic mass is 16.5. The molecule has 1 fully saturated rings. The molecule has 42 heavy (non-hydrogen) atoms. The zero-order valence-corrected chi connectivity index (χ0v) is 23.4. The molecule has 6 rings (SSSR count). The Morgan fingerprint density at radius 3 is 2.74 bits per heavy atom. The number of fused-ring (bicyclic) bond motifs is 4. The van der Waals surface area contributed by atoms with E-state index in [2.05, 4.69) is 10.2 Å². The van der Waals surface area contributed by atoms with Crippen LogP contribution in [0.1, 0.15) is 22.0 Å². The quantitative estimate of drug-likeness (QED) is 0.346. The molecular weight excluding hydrogens is 542 g/mol. The summed E-state index contributed by atoms with van der Waals surface area (Å²) in [7, 11) is 1.54. The van der Waals surface area contributed by atoms with E-state index in [0.29, 0.717) is 47.8 Å². The second kappa shape index (κ2) is 12.1. The number of hydrogen-bond acceptors (Lipinski definition) is 9. The number of aliphatic hydroxyl groups excluding tert-OH is 2. The van der Waals surface area contributed by atoms with Crippen LogP contribution >= 0.6 is 0 Å². The number of para-hydroxylation sites is 2. The van der Waals surface area contributed by atoms with Crippen molar-refractivity contribution < 1.29 is 38.4 Å². The third-order valence-corrected chi connectivity index (χ3v) is 8.20. The van der Waals surface area contributed by atoms with E-state index in [0.717, 1.165) is 18.7 Å². The molecule has 0 saturated carbocycles. The van der Waals surface area contributed by atoms with E-state index in [9.17, 15) is 19.8 Å². The summed E-state index contributed by atoms with van der Waals surface area (Å²) in [5.74, 6) is -0.148. The largest absolute Gasteiger partial charge is 0.493 e. The SMILES string of the molecule is COc1cccc2cc(C(=O)N(CCN3CCOCC3)C3C=C(C(=O)NCCO)C4c5ccccc5OC4C3O)oc12. The number of furan rings is 1. The van der Waals surface area contributed by atoms with E-state index in [1.165, 1.54) is 7.11 Å². The molecule has 3 aliphatic rings. The van der Waals surface area contributed by atoms with Crippen LogP contribution in [0.5, 0.6) is 11.5 Å². The van der Waals surface area contributed by atoms with Gasteiger partial charge in [-0.25, -0.2) is 0 Å². The van der Waals surface area contributed by atoms with Crippen molar-refractivity contribution in [1.29, 1.82) is 0 Å². The Labute approximate surface area is 243 Å². The molecule has 4 unspecified atom stereocenters. The molecule has 11 heteroatoms. The summed E-state index contributed by atoms with van der Waals surface area (Å²) in [6.07, 6.45) is -0.254. The van der Waals surface area contributed by atoms with Gasteiger partial charge in [0.25, 0.3) is 5.91 Å². The van der Waals surface area contributed by atoms with Gasteiger partial charge in [-0.05, 0) is 24.3 Å². The van der Waals surface area contributed by atoms with E-state index >= 15 is 0 Å². The van der Waals surface area contributed by atoms with Gasteiger partial charge in [-0.15, -0.1) is 0 Å². The van der Waals surface area contributed by atoms with Gasteiger partial charge in [0.05, 0.1) is 38.9 Å². The molecule has 222 valence electrons. The van der Waals surface area contributed by atoms with E-state index in [1.807, 2.05) is 36.4 Å². The first kappa shape index (κ1) is 28.2. The van der Waals surface area contributed by atoms with Crippen LogP contribution in [0, 0.1) is 0 Å². The van der Waals surface area contributed by atoms with Gasteiger partial charge in [0.1, 0.15) is 18.0 Å². The first-order valence-electron chi connectivity index (χ1n) is 14.2. The maximum Gasteiger partial charge on any atom is 0.290 e. The van der Waals surface area contributed by atoms with Gasteiger partial charge in [-0.3, -0.25) is 14.5 Å². The molecule has 2 aliphatic heterocycles. The fourth-order valence-electron chi connectivity index (χ4n) is 6.10. The van der Waals surface area contributed by atoms with Crippen molar-refractivity contribution in [2.75, 3.05) is 59.7 Å². The summed E-state index contributed by atoms with van der Waals surface area (Å²) < 4.78 is 23.2. The lowest BCUT2D eigenvalue weighted by molar-refractivity contribution is -0.118. The number of carbonyl (C=O) groups excluding carboxylic acids is 2. The van der Waals surface area contributed by atoms with Crippen molar-refractivity contribution in [3.8, 4) is 11.5 Å². The Hall–Kier alpha value is -3.90. The number of methoxy groups -OCH3 is 1. The Morgan fingerprint density at radius 1 is 1.14 bits per heavy atom. The fourth-order valence-corrected chi connectivity index (χ4v) is 6.10. The average molecular weight is 578 g/mol. The maximum absolute atomic E-state index is 14.2. The summed E-state index contributed by atoms with van der Waals surface area (Å²) in [6.45, 7) is 3.33. The van der Waals surface area contributed by atoms with Gasteiger partial charge in [0.2, 0.25) is 5.91 Å². The van der Waals surface area contributed by atoms with E-state index in [-0.39, 0.29) is 31.4 Å². The Morgan fingerprint density at radius 2 is 1.95 bits per heavy atom. The van der Waals surface area contributed by atoms with Crippen molar-refractivity contribution in [2.24, 2.45) is 0 Å². The average Bonchev–Trinajstić information content (AvgIpc) is 3.64. The minimum Gasteiger partial charge on any atom is -0.493 e. The number of nitrogens with zero attached hydrogens (tertiary/aromatic N) is 2. The lowest BCUT2D eigenvalue weighted by Crippen LogP contribution is -2.57. The van der Waals surface area contributed by atoms with Crippen molar-refractivity contribution in [2.45, 2.75) is 24.2 Å². The minimum atomic E-state index is -1.13. The summed E-state index contributed by atoms with van der Waals surface area (Å²) in [6, 6.07) is 13.6. The molecule has 0 radical (unpaired) electrons. The van der Waals surface area contributed by atoms with Crippen molar-refractivity contribution in [1.82, 2.24) is 15.1 Å². The van der Waals surface area contributed by atoms with E-state index in [4.69, 9.17) is 18.6 Å². The molecule has 4 atom stereocenters. The van der Waals surface area contributed by atoms with Crippen LogP contribution in [0.15, 0.2) is 64.6 Å². The number of amides is 2. The summed E-state index contributed by atoms with van der Waals surface area (Å²) in [5, 5.41) is 24.6. The van der Waals surface area contributed by atoms with Gasteiger partial charge in [0, 0.05) is 49.2 Å². The van der Waals surface area contributed by atoms with Crippen LogP contribution in [0.3, 0.4) is 0 Å². The molecule has 2 amide bonds. The lowest BCUT2D eigenvalue weighted by atomic mass is 9.77. The van der Waals surface area contributed by atoms with Crippen molar-refractivity contribution >= 4 is 22.8 Å². The van der Waals surface area contributed by atoms with Crippen LogP contribution in [0.4, 0.5) is 0 Å². The molecule has 3 heterocycles. The first-order valence-corrected chi connectivity index (χ1v) is 14.2. The molecule has 0 bridgehead atoms. The van der Waals surface area contributed by atoms with Crippen LogP contribution in [0.25, 0.3) is 11.0 Å². The summed E-state index contributed by atoms with van der Waals surface area (Å²) in [5.41, 5.74) is 1.63. The third-order valence-electron chi connectivity index (χ3n) is 8.20. The molecule has 3 aromatic rings. The zero-order chi connectivity index (χ0) is 29.2. The predicted octanol–water partition coefficient (Wildman–Crippen LogP) is 1.54. The van der Waals surface area contributed by atoms with Gasteiger partial charge in [-0.2, -0.15) is 0 Å². The standard InChI is InChI=1S/C31H35N3O8/c1-39-24-8-4-5-19-17-25(42-28(19)24)31(38)34(11-10-33-12-15-40-16-13-33)22-18-21(30(37)32-9-14-35)26-20-6-2-3-7-23(20)41-29(26)27(22)36/h2-8,17-18,22,26-27,29,35-36H,9-16H2,1H3,(H,32,37). The van der Waals surface area contributed by atoms with Crippen LogP contribution in [-0.2, 0) is 9.53 Å². The van der Waals surface area contributed by atoms with Crippen LogP contribution in [0.2, 0.25) is 0 Å². The summed E-state index contributed by atoms with van der Waals surface area (Å²) in [4.78, 5) is 31.4. The van der Waals surface area contributed by atoms with E-state index in [1.54, 1.807) is 23.1 Å². The Kier molecular flexibility index (Phi) is 8.16. The molecule has 11 nitrogen and oxygen atoms in total. The minimum absolute atomic E-state index is 0.0732. The predicted molar refractivity (Wildman–Crippen MR) is 153 cm³/mol. The second-order valence-corrected chi connectivity index (χ2v) is 10.6. The number of carbonyl (C=O) groups is 2. The molecule has 3 N–H and O–H groups in total. The van der Waals surface area contributed by atoms with Gasteiger partial charge >= 0.3 is 0 Å². The number of rotatable bonds is 9. The van der Waals surface area contributed by atoms with Crippen molar-refractivity contribution in [3.05, 3.63) is 71.5 Å². The van der Waals surface area contributed by atoms with Gasteiger partial charge in [-0.1, -0.05) is 30.3 Å². The molecule has 2 aromatic carbocycles. The third kappa shape index (κ3) is 5.24. The highest BCUT2D eigenvalue weighted by molar-refractivity contribution is 5.99. The van der Waals surface area contributed by atoms with Crippen LogP contribution < -0.4 is 14.8 Å². The number of benzene rings is 2. The Bertz CT molecular complexity index is 1480. The highest BCUT2D eigenvalue weighted by Crippen LogP contribution is 2.47. The normalized spacial score (nSPS) is 23.5. The number of morpholine rings is 1. The monoisotopic (exact) mass is 577 g/mol. The van der Waals surface area contributed by atoms with E-state index < -0.39 is 30.1 Å². The number of nitrogens with one attached hydrogen (secondary N) is 1. The molecule has 0 spiro atoms. The fraction of sp³-hybridized carbons (Fsp3) is 0.419. The molecule has 1 aromatic heterocycles. The second-order valence-electron chi connectivity index (χ2n) is 10.6. The number of hydrogen-bond donors (Lipinski definition) is 3. The lowest BCUT2D eigenvalue weighted by Gasteiger charge is -2.41. The number of aliphatic hydroxyl groups is 2. The molecule has 1 saturated heterocycles. The molecular formula is C31H35N3O8. The summed E-state index contributed by atoms with van der Waals surface area (Å²) >= 11 is 0. The maximum atomic E-state index is 14.2. The van der Waals surface area contributed by atoms with Crippen LogP contribution in [-0.4, -0.2) is 110 Å². The highest BCUT2D eigenvalue weighted by Gasteiger charge is 2.50. The topological polar surface area (TPSA) is 134 Å². The van der Waals surface area contributed by atoms with Gasteiger partial charge < -0.3 is 39.1 Å². The first-order chi connectivity index (χ1) is 20.5. The Balaban J connectivity index is 1.39. The van der Waals surface area contributed by atoms with Gasteiger partial charge in [0.15, 0.2) is 17.1 Å². The molecule has 1 aliphatic carbocycles. The number of ether oxygens (including phenoxy) is 3. The smallest absolute Gasteiger partial charge is 0.290 e. The zero-order valence-electron chi connectivity index (χ0n) is 23.4. The van der Waals surface area contributed by atoms with Crippen molar-refractivity contribution in [3.63, 3.8) is 0 Å².